The van der Waals surface area contributed by atoms with Crippen LogP contribution in [0.4, 0.5) is 0 Å². The number of hydrogen-bond donors (Lipinski definition) is 1. The lowest BCUT2D eigenvalue weighted by Gasteiger charge is -1.91. The molecule has 0 spiro atoms. The molecule has 0 radical (unpaired) electrons. The highest BCUT2D eigenvalue weighted by molar-refractivity contribution is 8.68. The summed E-state index contributed by atoms with van der Waals surface area (Å²) in [6.45, 7) is 0. The van der Waals surface area contributed by atoms with Crippen molar-refractivity contribution in [1.29, 1.82) is 0 Å². The second-order valence-electron chi connectivity index (χ2n) is 1.41. The first-order chi connectivity index (χ1) is 4.33. The van der Waals surface area contributed by atoms with Gasteiger partial charge in [0.25, 0.3) is 0 Å². The molecule has 1 rings (SSSR count). The van der Waals surface area contributed by atoms with Crippen molar-refractivity contribution in [2.75, 3.05) is 0 Å². The van der Waals surface area contributed by atoms with E-state index in [1.807, 2.05) is 6.07 Å². The highest BCUT2D eigenvalue weighted by Gasteiger charge is 1.90. The van der Waals surface area contributed by atoms with Crippen LogP contribution in [0.15, 0.2) is 23.2 Å². The van der Waals surface area contributed by atoms with Crippen molar-refractivity contribution in [1.82, 2.24) is 4.98 Å². The topological polar surface area (TPSA) is 12.9 Å². The quantitative estimate of drug-likeness (QED) is 0.403. The molecular formula is C5H4ClNS2. The first kappa shape index (κ1) is 7.25. The number of hydrogen-bond acceptors (Lipinski definition) is 3. The Morgan fingerprint density at radius 2 is 2.44 bits per heavy atom. The molecule has 0 atom stereocenters. The van der Waals surface area contributed by atoms with E-state index in [0.717, 1.165) is 4.90 Å². The van der Waals surface area contributed by atoms with E-state index < -0.39 is 0 Å². The van der Waals surface area contributed by atoms with Crippen molar-refractivity contribution in [2.24, 2.45) is 0 Å². The van der Waals surface area contributed by atoms with Gasteiger partial charge in [0.15, 0.2) is 0 Å². The standard InChI is InChI=1S/C5H4ClNS2/c6-5-3-4(9-8)1-2-7-5/h1-3,8H. The van der Waals surface area contributed by atoms with Crippen molar-refractivity contribution in [2.45, 2.75) is 4.90 Å². The van der Waals surface area contributed by atoms with Crippen LogP contribution < -0.4 is 0 Å². The summed E-state index contributed by atoms with van der Waals surface area (Å²) < 4.78 is 0. The molecule has 0 unspecified atom stereocenters. The predicted molar refractivity (Wildman–Crippen MR) is 44.1 cm³/mol. The fraction of sp³-hybridized carbons (Fsp3) is 0. The Morgan fingerprint density at radius 3 is 2.89 bits per heavy atom. The normalized spacial score (nSPS) is 9.56. The molecule has 0 saturated carbocycles. The van der Waals surface area contributed by atoms with Crippen molar-refractivity contribution in [3.05, 3.63) is 23.5 Å². The van der Waals surface area contributed by atoms with E-state index >= 15 is 0 Å². The minimum Gasteiger partial charge on any atom is -0.244 e. The SMILES string of the molecule is SSc1ccnc(Cl)c1. The van der Waals surface area contributed by atoms with Crippen LogP contribution in [0.5, 0.6) is 0 Å². The molecule has 0 aromatic carbocycles. The van der Waals surface area contributed by atoms with Crippen LogP contribution >= 0.6 is 34.1 Å². The number of aromatic nitrogens is 1. The molecule has 9 heavy (non-hydrogen) atoms. The van der Waals surface area contributed by atoms with Crippen molar-refractivity contribution >= 4 is 34.1 Å². The van der Waals surface area contributed by atoms with Crippen LogP contribution in [0.1, 0.15) is 0 Å². The Hall–Kier alpha value is 0.140. The highest BCUT2D eigenvalue weighted by Crippen LogP contribution is 2.22. The third kappa shape index (κ3) is 2.08. The van der Waals surface area contributed by atoms with Crippen molar-refractivity contribution in [3.63, 3.8) is 0 Å². The molecule has 0 N–H and O–H groups in total. The van der Waals surface area contributed by atoms with Crippen LogP contribution in [0.25, 0.3) is 0 Å². The first-order valence-corrected chi connectivity index (χ1v) is 4.50. The number of rotatable bonds is 1. The van der Waals surface area contributed by atoms with Gasteiger partial charge >= 0.3 is 0 Å². The molecule has 1 heterocycles. The van der Waals surface area contributed by atoms with Gasteiger partial charge in [-0.05, 0) is 12.1 Å². The molecule has 0 amide bonds. The van der Waals surface area contributed by atoms with E-state index in [9.17, 15) is 0 Å². The fourth-order valence-corrected chi connectivity index (χ4v) is 1.31. The van der Waals surface area contributed by atoms with Crippen LogP contribution in [0, 0.1) is 0 Å². The zero-order valence-electron chi connectivity index (χ0n) is 4.41. The van der Waals surface area contributed by atoms with Gasteiger partial charge in [0.2, 0.25) is 0 Å². The van der Waals surface area contributed by atoms with E-state index in [2.05, 4.69) is 16.6 Å². The summed E-state index contributed by atoms with van der Waals surface area (Å²) in [4.78, 5) is 4.82. The molecule has 1 aromatic rings. The lowest BCUT2D eigenvalue weighted by Crippen LogP contribution is -1.71. The second kappa shape index (κ2) is 3.34. The van der Waals surface area contributed by atoms with Crippen molar-refractivity contribution in [3.8, 4) is 0 Å². The van der Waals surface area contributed by atoms with Crippen molar-refractivity contribution < 1.29 is 0 Å². The molecule has 0 aliphatic heterocycles. The molecule has 0 aliphatic carbocycles. The monoisotopic (exact) mass is 177 g/mol. The lowest BCUT2D eigenvalue weighted by molar-refractivity contribution is 1.27. The molecule has 0 fully saturated rings. The Labute approximate surface area is 67.6 Å². The minimum atomic E-state index is 0.508. The van der Waals surface area contributed by atoms with Crippen LogP contribution in [0.2, 0.25) is 5.15 Å². The highest BCUT2D eigenvalue weighted by atomic mass is 35.5. The Kier molecular flexibility index (Phi) is 2.69. The summed E-state index contributed by atoms with van der Waals surface area (Å²) >= 11 is 9.55. The van der Waals surface area contributed by atoms with E-state index in [0.29, 0.717) is 5.15 Å². The van der Waals surface area contributed by atoms with Gasteiger partial charge in [-0.15, -0.1) is 11.7 Å². The molecule has 1 aromatic heterocycles. The van der Waals surface area contributed by atoms with Crippen LogP contribution in [-0.2, 0) is 0 Å². The average molecular weight is 178 g/mol. The van der Waals surface area contributed by atoms with E-state index in [4.69, 9.17) is 11.6 Å². The molecular weight excluding hydrogens is 174 g/mol. The van der Waals surface area contributed by atoms with Gasteiger partial charge in [-0.2, -0.15) is 0 Å². The second-order valence-corrected chi connectivity index (χ2v) is 2.99. The summed E-state index contributed by atoms with van der Waals surface area (Å²) in [5.41, 5.74) is 0. The molecule has 0 bridgehead atoms. The lowest BCUT2D eigenvalue weighted by atomic mass is 10.5. The first-order valence-electron chi connectivity index (χ1n) is 2.26. The van der Waals surface area contributed by atoms with Gasteiger partial charge in [0.1, 0.15) is 5.15 Å². The number of pyridine rings is 1. The zero-order chi connectivity index (χ0) is 6.69. The van der Waals surface area contributed by atoms with Gasteiger partial charge in [-0.1, -0.05) is 22.4 Å². The molecule has 4 heteroatoms. The number of thiol groups is 1. The van der Waals surface area contributed by atoms with Gasteiger partial charge in [0, 0.05) is 11.1 Å². The van der Waals surface area contributed by atoms with Gasteiger partial charge in [-0.25, -0.2) is 4.98 Å². The summed E-state index contributed by atoms with van der Waals surface area (Å²) in [6, 6.07) is 3.61. The van der Waals surface area contributed by atoms with Crippen LogP contribution in [0.3, 0.4) is 0 Å². The number of halogens is 1. The van der Waals surface area contributed by atoms with Gasteiger partial charge < -0.3 is 0 Å². The molecule has 0 saturated heterocycles. The van der Waals surface area contributed by atoms with Crippen LogP contribution in [-0.4, -0.2) is 4.98 Å². The Morgan fingerprint density at radius 1 is 1.67 bits per heavy atom. The summed E-state index contributed by atoms with van der Waals surface area (Å²) in [5, 5.41) is 0.508. The summed E-state index contributed by atoms with van der Waals surface area (Å²) in [6.07, 6.45) is 1.65. The maximum Gasteiger partial charge on any atom is 0.130 e. The summed E-state index contributed by atoms with van der Waals surface area (Å²) in [5.74, 6) is 0. The third-order valence-corrected chi connectivity index (χ3v) is 2.11. The predicted octanol–water partition coefficient (Wildman–Crippen LogP) is 2.67. The van der Waals surface area contributed by atoms with E-state index in [1.54, 1.807) is 12.3 Å². The van der Waals surface area contributed by atoms with Gasteiger partial charge in [0.05, 0.1) is 0 Å². The maximum atomic E-state index is 5.57. The van der Waals surface area contributed by atoms with Gasteiger partial charge in [-0.3, -0.25) is 0 Å². The third-order valence-electron chi connectivity index (χ3n) is 0.803. The Bertz CT molecular complexity index is 204. The zero-order valence-corrected chi connectivity index (χ0v) is 6.88. The smallest absolute Gasteiger partial charge is 0.130 e. The van der Waals surface area contributed by atoms with E-state index in [-0.39, 0.29) is 0 Å². The fourth-order valence-electron chi connectivity index (χ4n) is 0.441. The molecule has 0 aliphatic rings. The van der Waals surface area contributed by atoms with E-state index in [1.165, 1.54) is 10.8 Å². The Balaban J connectivity index is 2.94. The molecule has 48 valence electrons. The molecule has 1 nitrogen and oxygen atoms in total. The summed E-state index contributed by atoms with van der Waals surface area (Å²) in [7, 11) is 1.35. The minimum absolute atomic E-state index is 0.508. The average Bonchev–Trinajstić information content (AvgIpc) is 1.88. The largest absolute Gasteiger partial charge is 0.244 e. The number of nitrogens with zero attached hydrogens (tertiary/aromatic N) is 1. The maximum absolute atomic E-state index is 5.57.